The standard InChI is InChI=1S/C10H22O3/c1-5-9(11,6-2)13-10(12,7-3)8-4/h11-12H,5-8H2,1-4H3. The smallest absolute Gasteiger partial charge is 0.168 e. The number of aliphatic hydroxyl groups is 2. The van der Waals surface area contributed by atoms with E-state index in [1.54, 1.807) is 0 Å². The van der Waals surface area contributed by atoms with Gasteiger partial charge in [0.25, 0.3) is 0 Å². The minimum Gasteiger partial charge on any atom is -0.365 e. The first kappa shape index (κ1) is 12.9. The molecule has 0 aliphatic carbocycles. The highest BCUT2D eigenvalue weighted by molar-refractivity contribution is 4.70. The average Bonchev–Trinajstić information content (AvgIpc) is 2.17. The van der Waals surface area contributed by atoms with E-state index in [0.717, 1.165) is 0 Å². The molecule has 0 aliphatic heterocycles. The molecule has 13 heavy (non-hydrogen) atoms. The number of ether oxygens (including phenoxy) is 1. The lowest BCUT2D eigenvalue weighted by Crippen LogP contribution is -2.43. The second-order valence-electron chi connectivity index (χ2n) is 3.41. The van der Waals surface area contributed by atoms with Gasteiger partial charge >= 0.3 is 0 Å². The molecule has 3 nitrogen and oxygen atoms in total. The highest BCUT2D eigenvalue weighted by Crippen LogP contribution is 2.27. The van der Waals surface area contributed by atoms with Crippen molar-refractivity contribution in [3.63, 3.8) is 0 Å². The van der Waals surface area contributed by atoms with Gasteiger partial charge in [0.15, 0.2) is 11.6 Å². The number of hydrogen-bond donors (Lipinski definition) is 2. The Hall–Kier alpha value is -0.120. The summed E-state index contributed by atoms with van der Waals surface area (Å²) in [5, 5.41) is 19.7. The van der Waals surface area contributed by atoms with E-state index in [9.17, 15) is 10.2 Å². The van der Waals surface area contributed by atoms with Crippen LogP contribution in [0.4, 0.5) is 0 Å². The van der Waals surface area contributed by atoms with Crippen molar-refractivity contribution in [2.45, 2.75) is 65.0 Å². The Bertz CT molecular complexity index is 121. The van der Waals surface area contributed by atoms with Crippen molar-refractivity contribution < 1.29 is 14.9 Å². The van der Waals surface area contributed by atoms with Crippen LogP contribution in [0.15, 0.2) is 0 Å². The summed E-state index contributed by atoms with van der Waals surface area (Å²) in [6, 6.07) is 0. The predicted molar refractivity (Wildman–Crippen MR) is 52.1 cm³/mol. The SMILES string of the molecule is CCC(O)(CC)OC(O)(CC)CC. The van der Waals surface area contributed by atoms with Gasteiger partial charge in [-0.3, -0.25) is 0 Å². The topological polar surface area (TPSA) is 49.7 Å². The molecule has 0 radical (unpaired) electrons. The Balaban J connectivity index is 4.36. The van der Waals surface area contributed by atoms with Gasteiger partial charge in [-0.25, -0.2) is 0 Å². The van der Waals surface area contributed by atoms with E-state index in [4.69, 9.17) is 4.74 Å². The maximum atomic E-state index is 9.84. The fraction of sp³-hybridized carbons (Fsp3) is 1.00. The molecule has 0 aromatic rings. The Morgan fingerprint density at radius 2 is 1.00 bits per heavy atom. The summed E-state index contributed by atoms with van der Waals surface area (Å²) < 4.78 is 5.33. The van der Waals surface area contributed by atoms with Crippen LogP contribution in [-0.4, -0.2) is 21.8 Å². The molecule has 0 amide bonds. The van der Waals surface area contributed by atoms with Crippen LogP contribution in [0.1, 0.15) is 53.4 Å². The lowest BCUT2D eigenvalue weighted by molar-refractivity contribution is -0.336. The van der Waals surface area contributed by atoms with Gasteiger partial charge in [0.1, 0.15) is 0 Å². The zero-order chi connectivity index (χ0) is 10.5. The summed E-state index contributed by atoms with van der Waals surface area (Å²) in [4.78, 5) is 0. The quantitative estimate of drug-likeness (QED) is 0.630. The maximum Gasteiger partial charge on any atom is 0.168 e. The Morgan fingerprint density at radius 1 is 0.769 bits per heavy atom. The molecule has 0 heterocycles. The maximum absolute atomic E-state index is 9.84. The second-order valence-corrected chi connectivity index (χ2v) is 3.41. The second kappa shape index (κ2) is 4.94. The van der Waals surface area contributed by atoms with Gasteiger partial charge in [0.05, 0.1) is 0 Å². The zero-order valence-corrected chi connectivity index (χ0v) is 9.13. The molecule has 0 aliphatic rings. The monoisotopic (exact) mass is 190 g/mol. The van der Waals surface area contributed by atoms with Crippen LogP contribution in [-0.2, 0) is 4.74 Å². The summed E-state index contributed by atoms with van der Waals surface area (Å²) in [7, 11) is 0. The van der Waals surface area contributed by atoms with Crippen LogP contribution in [0.3, 0.4) is 0 Å². The largest absolute Gasteiger partial charge is 0.365 e. The van der Waals surface area contributed by atoms with Crippen LogP contribution in [0.2, 0.25) is 0 Å². The molecule has 3 heteroatoms. The summed E-state index contributed by atoms with van der Waals surface area (Å²) in [5.74, 6) is -2.36. The highest BCUT2D eigenvalue weighted by Gasteiger charge is 2.34. The van der Waals surface area contributed by atoms with E-state index in [2.05, 4.69) is 0 Å². The van der Waals surface area contributed by atoms with Gasteiger partial charge in [-0.05, 0) is 25.7 Å². The minimum atomic E-state index is -1.18. The molecule has 0 unspecified atom stereocenters. The minimum absolute atomic E-state index is 0.492. The third kappa shape index (κ3) is 3.63. The molecule has 0 aromatic carbocycles. The Labute approximate surface area is 80.7 Å². The lowest BCUT2D eigenvalue weighted by atomic mass is 10.1. The first-order valence-corrected chi connectivity index (χ1v) is 5.10. The Kier molecular flexibility index (Phi) is 4.89. The third-order valence-corrected chi connectivity index (χ3v) is 2.59. The van der Waals surface area contributed by atoms with Crippen LogP contribution >= 0.6 is 0 Å². The van der Waals surface area contributed by atoms with E-state index >= 15 is 0 Å². The van der Waals surface area contributed by atoms with Gasteiger partial charge in [-0.15, -0.1) is 0 Å². The first-order valence-electron chi connectivity index (χ1n) is 5.10. The van der Waals surface area contributed by atoms with E-state index in [0.29, 0.717) is 25.7 Å². The van der Waals surface area contributed by atoms with Crippen LogP contribution in [0.5, 0.6) is 0 Å². The number of rotatable bonds is 6. The number of hydrogen-bond acceptors (Lipinski definition) is 3. The molecule has 0 aromatic heterocycles. The van der Waals surface area contributed by atoms with E-state index in [-0.39, 0.29) is 0 Å². The van der Waals surface area contributed by atoms with Crippen molar-refractivity contribution in [2.75, 3.05) is 0 Å². The van der Waals surface area contributed by atoms with Crippen LogP contribution in [0.25, 0.3) is 0 Å². The van der Waals surface area contributed by atoms with Gasteiger partial charge in [-0.1, -0.05) is 27.7 Å². The highest BCUT2D eigenvalue weighted by atomic mass is 16.7. The van der Waals surface area contributed by atoms with Crippen molar-refractivity contribution in [3.05, 3.63) is 0 Å². The van der Waals surface area contributed by atoms with E-state index in [1.807, 2.05) is 27.7 Å². The summed E-state index contributed by atoms with van der Waals surface area (Å²) in [6.45, 7) is 7.37. The molecule has 0 saturated carbocycles. The molecular weight excluding hydrogens is 168 g/mol. The van der Waals surface area contributed by atoms with Crippen molar-refractivity contribution in [1.82, 2.24) is 0 Å². The first-order chi connectivity index (χ1) is 5.95. The molecule has 0 spiro atoms. The molecule has 0 atom stereocenters. The molecule has 80 valence electrons. The van der Waals surface area contributed by atoms with E-state index in [1.165, 1.54) is 0 Å². The average molecular weight is 190 g/mol. The van der Waals surface area contributed by atoms with Crippen molar-refractivity contribution in [1.29, 1.82) is 0 Å². The predicted octanol–water partition coefficient (Wildman–Crippen LogP) is 2.02. The normalized spacial score (nSPS) is 13.4. The van der Waals surface area contributed by atoms with Crippen molar-refractivity contribution in [2.24, 2.45) is 0 Å². The molecule has 0 fully saturated rings. The van der Waals surface area contributed by atoms with Crippen molar-refractivity contribution >= 4 is 0 Å². The third-order valence-electron chi connectivity index (χ3n) is 2.59. The Morgan fingerprint density at radius 3 is 1.15 bits per heavy atom. The van der Waals surface area contributed by atoms with E-state index < -0.39 is 11.6 Å². The molecular formula is C10H22O3. The fourth-order valence-electron chi connectivity index (χ4n) is 1.14. The van der Waals surface area contributed by atoms with Crippen LogP contribution in [0, 0.1) is 0 Å². The molecule has 0 rings (SSSR count). The summed E-state index contributed by atoms with van der Waals surface area (Å²) in [5.41, 5.74) is 0. The van der Waals surface area contributed by atoms with Crippen molar-refractivity contribution in [3.8, 4) is 0 Å². The van der Waals surface area contributed by atoms with Gasteiger partial charge in [0, 0.05) is 0 Å². The zero-order valence-electron chi connectivity index (χ0n) is 9.13. The van der Waals surface area contributed by atoms with Gasteiger partial charge < -0.3 is 14.9 Å². The molecule has 0 saturated heterocycles. The van der Waals surface area contributed by atoms with Gasteiger partial charge in [-0.2, -0.15) is 0 Å². The lowest BCUT2D eigenvalue weighted by Gasteiger charge is -2.36. The molecule has 0 bridgehead atoms. The molecule has 2 N–H and O–H groups in total. The van der Waals surface area contributed by atoms with Crippen LogP contribution < -0.4 is 0 Å². The summed E-state index contributed by atoms with van der Waals surface area (Å²) >= 11 is 0. The summed E-state index contributed by atoms with van der Waals surface area (Å²) in [6.07, 6.45) is 1.97. The fourth-order valence-corrected chi connectivity index (χ4v) is 1.14. The van der Waals surface area contributed by atoms with Gasteiger partial charge in [0.2, 0.25) is 0 Å².